The third-order valence-corrected chi connectivity index (χ3v) is 5.36. The minimum absolute atomic E-state index is 0.233. The third kappa shape index (κ3) is 3.99. The molecule has 1 aromatic heterocycles. The Balaban J connectivity index is 1.70. The van der Waals surface area contributed by atoms with Crippen LogP contribution >= 0.6 is 11.3 Å². The summed E-state index contributed by atoms with van der Waals surface area (Å²) in [5, 5.41) is 3.21. The molecule has 5 nitrogen and oxygen atoms in total. The minimum Gasteiger partial charge on any atom is -0.484 e. The summed E-state index contributed by atoms with van der Waals surface area (Å²) in [5.74, 6) is -0.343. The maximum absolute atomic E-state index is 12.9. The van der Waals surface area contributed by atoms with E-state index in [1.165, 1.54) is 35.6 Å². The van der Waals surface area contributed by atoms with Gasteiger partial charge in [-0.1, -0.05) is 6.92 Å². The van der Waals surface area contributed by atoms with E-state index < -0.39 is 11.8 Å². The molecule has 25 heavy (non-hydrogen) atoms. The molecule has 132 valence electrons. The Morgan fingerprint density at radius 3 is 2.76 bits per heavy atom. The number of hydrogen-bond acceptors (Lipinski definition) is 4. The highest BCUT2D eigenvalue weighted by atomic mass is 32.1. The van der Waals surface area contributed by atoms with Crippen molar-refractivity contribution >= 4 is 28.2 Å². The highest BCUT2D eigenvalue weighted by Gasteiger charge is 2.27. The normalized spacial score (nSPS) is 16.2. The fourth-order valence-electron chi connectivity index (χ4n) is 2.94. The SMILES string of the molecule is C[C@H]1CCc2c(sc(NC(=O)COc3ccc(F)cc3)c2C(N)=O)C1. The topological polar surface area (TPSA) is 81.4 Å². The van der Waals surface area contributed by atoms with Gasteiger partial charge in [-0.05, 0) is 55.0 Å². The summed E-state index contributed by atoms with van der Waals surface area (Å²) < 4.78 is 18.2. The molecule has 0 unspecified atom stereocenters. The molecule has 1 aromatic carbocycles. The Hall–Kier alpha value is -2.41. The number of hydrogen-bond donors (Lipinski definition) is 2. The van der Waals surface area contributed by atoms with Gasteiger partial charge in [0.25, 0.3) is 11.8 Å². The molecule has 1 aliphatic carbocycles. The average Bonchev–Trinajstić information content (AvgIpc) is 2.91. The Kier molecular flexibility index (Phi) is 5.03. The summed E-state index contributed by atoms with van der Waals surface area (Å²) >= 11 is 1.41. The van der Waals surface area contributed by atoms with E-state index in [0.29, 0.717) is 22.2 Å². The molecule has 0 aliphatic heterocycles. The molecular formula is C18H19FN2O3S. The number of carbonyl (C=O) groups excluding carboxylic acids is 2. The van der Waals surface area contributed by atoms with Gasteiger partial charge in [0.2, 0.25) is 0 Å². The smallest absolute Gasteiger partial charge is 0.262 e. The second-order valence-electron chi connectivity index (χ2n) is 6.21. The number of primary amides is 1. The zero-order valence-electron chi connectivity index (χ0n) is 13.8. The number of nitrogens with two attached hydrogens (primary N) is 1. The summed E-state index contributed by atoms with van der Waals surface area (Å²) in [4.78, 5) is 25.1. The summed E-state index contributed by atoms with van der Waals surface area (Å²) in [6, 6.07) is 5.41. The van der Waals surface area contributed by atoms with E-state index in [9.17, 15) is 14.0 Å². The molecular weight excluding hydrogens is 343 g/mol. The summed E-state index contributed by atoms with van der Waals surface area (Å²) in [6.07, 6.45) is 2.69. The second kappa shape index (κ2) is 7.23. The predicted molar refractivity (Wildman–Crippen MR) is 94.6 cm³/mol. The molecule has 3 rings (SSSR count). The summed E-state index contributed by atoms with van der Waals surface area (Å²) in [6.45, 7) is 1.93. The lowest BCUT2D eigenvalue weighted by atomic mass is 9.88. The number of amides is 2. The largest absolute Gasteiger partial charge is 0.484 e. The highest BCUT2D eigenvalue weighted by Crippen LogP contribution is 2.39. The van der Waals surface area contributed by atoms with Crippen LogP contribution in [0.15, 0.2) is 24.3 Å². The van der Waals surface area contributed by atoms with Gasteiger partial charge < -0.3 is 15.8 Å². The molecule has 0 saturated heterocycles. The zero-order valence-corrected chi connectivity index (χ0v) is 14.6. The van der Waals surface area contributed by atoms with E-state index in [1.54, 1.807) is 0 Å². The van der Waals surface area contributed by atoms with Gasteiger partial charge in [-0.25, -0.2) is 4.39 Å². The number of rotatable bonds is 5. The quantitative estimate of drug-likeness (QED) is 0.857. The van der Waals surface area contributed by atoms with E-state index in [4.69, 9.17) is 10.5 Å². The average molecular weight is 362 g/mol. The Morgan fingerprint density at radius 2 is 2.08 bits per heavy atom. The first-order valence-corrected chi connectivity index (χ1v) is 8.88. The van der Waals surface area contributed by atoms with Gasteiger partial charge in [-0.2, -0.15) is 0 Å². The van der Waals surface area contributed by atoms with Gasteiger partial charge in [0.05, 0.1) is 5.56 Å². The number of anilines is 1. The van der Waals surface area contributed by atoms with Crippen molar-refractivity contribution in [2.75, 3.05) is 11.9 Å². The second-order valence-corrected chi connectivity index (χ2v) is 7.32. The van der Waals surface area contributed by atoms with Crippen LogP contribution in [0, 0.1) is 11.7 Å². The predicted octanol–water partition coefficient (Wildman–Crippen LogP) is 3.13. The van der Waals surface area contributed by atoms with Crippen molar-refractivity contribution in [3.63, 3.8) is 0 Å². The molecule has 1 aliphatic rings. The molecule has 1 heterocycles. The van der Waals surface area contributed by atoms with Gasteiger partial charge in [0, 0.05) is 4.88 Å². The maximum Gasteiger partial charge on any atom is 0.262 e. The molecule has 0 radical (unpaired) electrons. The van der Waals surface area contributed by atoms with Gasteiger partial charge in [0.15, 0.2) is 6.61 Å². The van der Waals surface area contributed by atoms with Gasteiger partial charge in [-0.3, -0.25) is 9.59 Å². The van der Waals surface area contributed by atoms with E-state index in [2.05, 4.69) is 12.2 Å². The number of thiophene rings is 1. The third-order valence-electron chi connectivity index (χ3n) is 4.19. The van der Waals surface area contributed by atoms with E-state index in [-0.39, 0.29) is 12.4 Å². The van der Waals surface area contributed by atoms with Crippen molar-refractivity contribution in [3.05, 3.63) is 46.1 Å². The van der Waals surface area contributed by atoms with Crippen LogP contribution in [0.4, 0.5) is 9.39 Å². The van der Waals surface area contributed by atoms with Crippen LogP contribution in [0.2, 0.25) is 0 Å². The van der Waals surface area contributed by atoms with Crippen LogP contribution in [0.5, 0.6) is 5.75 Å². The molecule has 0 saturated carbocycles. The van der Waals surface area contributed by atoms with Crippen LogP contribution in [0.3, 0.4) is 0 Å². The number of ether oxygens (including phenoxy) is 1. The molecule has 0 spiro atoms. The minimum atomic E-state index is -0.526. The number of halogens is 1. The fourth-order valence-corrected chi connectivity index (χ4v) is 4.37. The maximum atomic E-state index is 12.9. The van der Waals surface area contributed by atoms with Crippen molar-refractivity contribution < 1.29 is 18.7 Å². The van der Waals surface area contributed by atoms with Crippen LogP contribution in [-0.4, -0.2) is 18.4 Å². The molecule has 3 N–H and O–H groups in total. The van der Waals surface area contributed by atoms with Gasteiger partial charge >= 0.3 is 0 Å². The number of carbonyl (C=O) groups is 2. The molecule has 7 heteroatoms. The lowest BCUT2D eigenvalue weighted by Crippen LogP contribution is -2.22. The summed E-state index contributed by atoms with van der Waals surface area (Å²) in [7, 11) is 0. The number of nitrogens with one attached hydrogen (secondary N) is 1. The zero-order chi connectivity index (χ0) is 18.0. The first-order chi connectivity index (χ1) is 11.9. The Labute approximate surface area is 149 Å². The molecule has 0 fully saturated rings. The van der Waals surface area contributed by atoms with Crippen molar-refractivity contribution in [2.45, 2.75) is 26.2 Å². The molecule has 1 atom stereocenters. The Morgan fingerprint density at radius 1 is 1.36 bits per heavy atom. The van der Waals surface area contributed by atoms with E-state index in [0.717, 1.165) is 29.7 Å². The van der Waals surface area contributed by atoms with Gasteiger partial charge in [-0.15, -0.1) is 11.3 Å². The van der Waals surface area contributed by atoms with Crippen molar-refractivity contribution in [3.8, 4) is 5.75 Å². The number of benzene rings is 1. The fraction of sp³-hybridized carbons (Fsp3) is 0.333. The van der Waals surface area contributed by atoms with Gasteiger partial charge in [0.1, 0.15) is 16.6 Å². The monoisotopic (exact) mass is 362 g/mol. The first-order valence-electron chi connectivity index (χ1n) is 8.06. The standard InChI is InChI=1S/C18H19FN2O3S/c1-10-2-7-13-14(8-10)25-18(16(13)17(20)23)21-15(22)9-24-12-5-3-11(19)4-6-12/h3-6,10H,2,7-9H2,1H3,(H2,20,23)(H,21,22)/t10-/m0/s1. The molecule has 0 bridgehead atoms. The van der Waals surface area contributed by atoms with Crippen molar-refractivity contribution in [1.82, 2.24) is 0 Å². The highest BCUT2D eigenvalue weighted by molar-refractivity contribution is 7.17. The summed E-state index contributed by atoms with van der Waals surface area (Å²) in [5.41, 5.74) is 6.90. The van der Waals surface area contributed by atoms with Crippen molar-refractivity contribution in [1.29, 1.82) is 0 Å². The number of fused-ring (bicyclic) bond motifs is 1. The first kappa shape index (κ1) is 17.4. The van der Waals surface area contributed by atoms with Crippen LogP contribution in [0.1, 0.15) is 34.1 Å². The Bertz CT molecular complexity index is 801. The van der Waals surface area contributed by atoms with Crippen LogP contribution in [0.25, 0.3) is 0 Å². The van der Waals surface area contributed by atoms with Crippen molar-refractivity contribution in [2.24, 2.45) is 11.7 Å². The van der Waals surface area contributed by atoms with Crippen LogP contribution < -0.4 is 15.8 Å². The lowest BCUT2D eigenvalue weighted by Gasteiger charge is -2.18. The van der Waals surface area contributed by atoms with E-state index in [1.807, 2.05) is 0 Å². The molecule has 2 amide bonds. The van der Waals surface area contributed by atoms with Crippen LogP contribution in [-0.2, 0) is 17.6 Å². The lowest BCUT2D eigenvalue weighted by molar-refractivity contribution is -0.118. The van der Waals surface area contributed by atoms with E-state index >= 15 is 0 Å². The molecule has 2 aromatic rings.